The second kappa shape index (κ2) is 13.0. The molecule has 0 N–H and O–H groups in total. The molecule has 164 valence electrons. The summed E-state index contributed by atoms with van der Waals surface area (Å²) in [6.07, 6.45) is 1.80. The van der Waals surface area contributed by atoms with Crippen LogP contribution in [0.1, 0.15) is 13.3 Å². The highest BCUT2D eigenvalue weighted by Gasteiger charge is 2.21. The monoisotopic (exact) mass is 424 g/mol. The third-order valence-corrected chi connectivity index (χ3v) is 3.62. The fourth-order valence-electron chi connectivity index (χ4n) is 2.17. The summed E-state index contributed by atoms with van der Waals surface area (Å²) < 4.78 is 34.7. The maximum absolute atomic E-state index is 11.6. The average molecular weight is 424 g/mol. The first-order chi connectivity index (χ1) is 14.6. The minimum atomic E-state index is -0.961. The maximum atomic E-state index is 11.6. The van der Waals surface area contributed by atoms with Crippen LogP contribution in [0.3, 0.4) is 0 Å². The molecular weight excluding hydrogens is 400 g/mol. The first kappa shape index (κ1) is 23.0. The van der Waals surface area contributed by atoms with Crippen LogP contribution >= 0.6 is 0 Å². The van der Waals surface area contributed by atoms with Crippen LogP contribution in [0.4, 0.5) is 9.59 Å². The van der Waals surface area contributed by atoms with E-state index in [1.54, 1.807) is 6.08 Å². The Balaban J connectivity index is 1.59. The Morgan fingerprint density at radius 3 is 2.07 bits per heavy atom. The van der Waals surface area contributed by atoms with Crippen molar-refractivity contribution in [2.75, 3.05) is 39.6 Å². The van der Waals surface area contributed by atoms with Crippen molar-refractivity contribution in [3.05, 3.63) is 36.6 Å². The number of hydrogen-bond donors (Lipinski definition) is 0. The van der Waals surface area contributed by atoms with Crippen molar-refractivity contribution in [2.24, 2.45) is 5.92 Å². The molecule has 0 spiro atoms. The van der Waals surface area contributed by atoms with Crippen LogP contribution in [-0.4, -0.2) is 57.9 Å². The molecule has 1 unspecified atom stereocenters. The minimum Gasteiger partial charge on any atom is -0.500 e. The quantitative estimate of drug-likeness (QED) is 0.227. The summed E-state index contributed by atoms with van der Waals surface area (Å²) in [5.41, 5.74) is 0. The number of ether oxygens (including phenoxy) is 7. The Bertz CT molecular complexity index is 713. The van der Waals surface area contributed by atoms with Gasteiger partial charge in [0.15, 0.2) is 0 Å². The highest BCUT2D eigenvalue weighted by molar-refractivity contribution is 5.75. The highest BCUT2D eigenvalue weighted by atomic mass is 16.7. The van der Waals surface area contributed by atoms with Crippen LogP contribution in [0, 0.1) is 5.92 Å². The molecule has 1 aliphatic rings. The Morgan fingerprint density at radius 1 is 0.900 bits per heavy atom. The lowest BCUT2D eigenvalue weighted by Crippen LogP contribution is -2.21. The fourth-order valence-corrected chi connectivity index (χ4v) is 2.17. The second-order valence-corrected chi connectivity index (χ2v) is 5.86. The van der Waals surface area contributed by atoms with E-state index in [1.807, 2.05) is 6.92 Å². The van der Waals surface area contributed by atoms with E-state index in [1.165, 1.54) is 30.5 Å². The van der Waals surface area contributed by atoms with Gasteiger partial charge in [0.05, 0.1) is 12.9 Å². The molecule has 0 saturated heterocycles. The zero-order valence-electron chi connectivity index (χ0n) is 16.6. The summed E-state index contributed by atoms with van der Waals surface area (Å²) in [5, 5.41) is 0. The summed E-state index contributed by atoms with van der Waals surface area (Å²) in [7, 11) is 0. The van der Waals surface area contributed by atoms with E-state index < -0.39 is 24.2 Å². The smallest absolute Gasteiger partial charge is 0.500 e. The molecule has 0 amide bonds. The van der Waals surface area contributed by atoms with Crippen LogP contribution in [0.5, 0.6) is 11.5 Å². The molecule has 1 aliphatic heterocycles. The molecule has 0 saturated carbocycles. The predicted octanol–water partition coefficient (Wildman–Crippen LogP) is 2.85. The van der Waals surface area contributed by atoms with Gasteiger partial charge in [0.1, 0.15) is 37.2 Å². The molecule has 0 bridgehead atoms. The Kier molecular flexibility index (Phi) is 10.0. The van der Waals surface area contributed by atoms with Crippen molar-refractivity contribution in [1.82, 2.24) is 0 Å². The van der Waals surface area contributed by atoms with E-state index in [9.17, 15) is 14.4 Å². The molecule has 0 radical (unpaired) electrons. The maximum Gasteiger partial charge on any atom is 0.513 e. The van der Waals surface area contributed by atoms with Crippen LogP contribution in [-0.2, 0) is 28.5 Å². The van der Waals surface area contributed by atoms with Gasteiger partial charge >= 0.3 is 18.3 Å². The van der Waals surface area contributed by atoms with Gasteiger partial charge in [-0.05, 0) is 37.3 Å². The van der Waals surface area contributed by atoms with Gasteiger partial charge in [-0.1, -0.05) is 0 Å². The van der Waals surface area contributed by atoms with Gasteiger partial charge in [-0.15, -0.1) is 0 Å². The van der Waals surface area contributed by atoms with Crippen LogP contribution in [0.2, 0.25) is 0 Å². The number of benzene rings is 1. The van der Waals surface area contributed by atoms with Crippen LogP contribution < -0.4 is 9.47 Å². The number of hydrogen-bond acceptors (Lipinski definition) is 10. The van der Waals surface area contributed by atoms with Gasteiger partial charge in [-0.25, -0.2) is 9.59 Å². The number of carbonyl (C=O) groups excluding carboxylic acids is 3. The summed E-state index contributed by atoms with van der Waals surface area (Å²) in [5.74, 6) is -0.487. The highest BCUT2D eigenvalue weighted by Crippen LogP contribution is 2.18. The van der Waals surface area contributed by atoms with Crippen molar-refractivity contribution in [2.45, 2.75) is 13.3 Å². The fraction of sp³-hybridized carbons (Fsp3) is 0.450. The number of rotatable bonds is 11. The standard InChI is InChI=1S/C20H24O10/c1-2-24-9-3-10-27-19(22)29-16-4-6-17(7-5-16)30-20(23)28-13-12-26-18(21)15-8-11-25-14-15/h4-8,11,15H,2-3,9-10,12-14H2,1H3. The summed E-state index contributed by atoms with van der Waals surface area (Å²) in [6.45, 7) is 3.16. The van der Waals surface area contributed by atoms with Crippen molar-refractivity contribution in [3.8, 4) is 11.5 Å². The van der Waals surface area contributed by atoms with Gasteiger partial charge in [0.25, 0.3) is 0 Å². The van der Waals surface area contributed by atoms with Crippen LogP contribution in [0.15, 0.2) is 36.6 Å². The molecule has 0 aromatic heterocycles. The molecule has 0 fully saturated rings. The molecule has 30 heavy (non-hydrogen) atoms. The zero-order valence-corrected chi connectivity index (χ0v) is 16.6. The Labute approximate surface area is 173 Å². The third-order valence-electron chi connectivity index (χ3n) is 3.62. The number of carbonyl (C=O) groups is 3. The lowest BCUT2D eigenvalue weighted by Gasteiger charge is -2.09. The van der Waals surface area contributed by atoms with Crippen molar-refractivity contribution in [3.63, 3.8) is 0 Å². The molecule has 1 atom stereocenters. The lowest BCUT2D eigenvalue weighted by atomic mass is 10.2. The summed E-state index contributed by atoms with van der Waals surface area (Å²) >= 11 is 0. The van der Waals surface area contributed by atoms with Gasteiger partial charge in [-0.3, -0.25) is 4.79 Å². The first-order valence-corrected chi connectivity index (χ1v) is 9.40. The predicted molar refractivity (Wildman–Crippen MR) is 101 cm³/mol. The minimum absolute atomic E-state index is 0.0995. The van der Waals surface area contributed by atoms with E-state index in [0.717, 1.165) is 0 Å². The normalized spacial score (nSPS) is 14.5. The molecule has 1 aromatic carbocycles. The summed E-state index contributed by atoms with van der Waals surface area (Å²) in [6, 6.07) is 5.71. The van der Waals surface area contributed by atoms with Crippen LogP contribution in [0.25, 0.3) is 0 Å². The summed E-state index contributed by atoms with van der Waals surface area (Å²) in [4.78, 5) is 34.8. The van der Waals surface area contributed by atoms with Gasteiger partial charge in [0, 0.05) is 19.6 Å². The lowest BCUT2D eigenvalue weighted by molar-refractivity contribution is -0.148. The van der Waals surface area contributed by atoms with Crippen molar-refractivity contribution in [1.29, 1.82) is 0 Å². The largest absolute Gasteiger partial charge is 0.513 e. The van der Waals surface area contributed by atoms with Gasteiger partial charge in [-0.2, -0.15) is 0 Å². The molecule has 1 aromatic rings. The van der Waals surface area contributed by atoms with E-state index in [2.05, 4.69) is 0 Å². The van der Waals surface area contributed by atoms with Gasteiger partial charge in [0.2, 0.25) is 0 Å². The van der Waals surface area contributed by atoms with E-state index in [0.29, 0.717) is 19.6 Å². The molecule has 10 heteroatoms. The second-order valence-electron chi connectivity index (χ2n) is 5.86. The number of esters is 1. The molecule has 0 aliphatic carbocycles. The third kappa shape index (κ3) is 8.82. The molecular formula is C20H24O10. The van der Waals surface area contributed by atoms with Gasteiger partial charge < -0.3 is 33.2 Å². The van der Waals surface area contributed by atoms with E-state index in [-0.39, 0.29) is 37.9 Å². The Morgan fingerprint density at radius 2 is 1.50 bits per heavy atom. The topological polar surface area (TPSA) is 116 Å². The van der Waals surface area contributed by atoms with Crippen molar-refractivity contribution >= 4 is 18.3 Å². The van der Waals surface area contributed by atoms with Crippen molar-refractivity contribution < 1.29 is 47.5 Å². The Hall–Kier alpha value is -3.27. The zero-order chi connectivity index (χ0) is 21.6. The first-order valence-electron chi connectivity index (χ1n) is 9.40. The van der Waals surface area contributed by atoms with E-state index in [4.69, 9.17) is 33.2 Å². The molecule has 1 heterocycles. The molecule has 10 nitrogen and oxygen atoms in total. The van der Waals surface area contributed by atoms with E-state index >= 15 is 0 Å². The molecule has 2 rings (SSSR count). The average Bonchev–Trinajstić information content (AvgIpc) is 3.27. The SMILES string of the molecule is CCOCCCOC(=O)Oc1ccc(OC(=O)OCCOC(=O)C2C=COC2)cc1.